The molecule has 6 heteroatoms. The molecule has 0 saturated carbocycles. The fraction of sp³-hybridized carbons (Fsp3) is 0.562. The lowest BCUT2D eigenvalue weighted by molar-refractivity contribution is 0.0721. The predicted octanol–water partition coefficient (Wildman–Crippen LogP) is 2.29. The van der Waals surface area contributed by atoms with Crippen LogP contribution in [0.25, 0.3) is 0 Å². The summed E-state index contributed by atoms with van der Waals surface area (Å²) < 4.78 is 6.80. The predicted molar refractivity (Wildman–Crippen MR) is 81.4 cm³/mol. The van der Waals surface area contributed by atoms with Crippen molar-refractivity contribution in [3.8, 4) is 0 Å². The standard InChI is InChI=1S/C16H22N4O2/c1-4-20-15(8-13(17-20)7-11(2)3)16(21)19-6-5-14-12(9-19)10-22-18-14/h8,10-11H,4-7,9H2,1-3H3. The Labute approximate surface area is 130 Å². The number of hydrogen-bond acceptors (Lipinski definition) is 4. The highest BCUT2D eigenvalue weighted by molar-refractivity contribution is 5.92. The number of rotatable bonds is 4. The first-order valence-corrected chi connectivity index (χ1v) is 7.86. The van der Waals surface area contributed by atoms with Gasteiger partial charge < -0.3 is 9.42 Å². The van der Waals surface area contributed by atoms with Crippen LogP contribution < -0.4 is 0 Å². The van der Waals surface area contributed by atoms with Gasteiger partial charge in [0.25, 0.3) is 5.91 Å². The highest BCUT2D eigenvalue weighted by atomic mass is 16.5. The third-order valence-corrected chi connectivity index (χ3v) is 3.96. The summed E-state index contributed by atoms with van der Waals surface area (Å²) in [5, 5.41) is 8.52. The minimum absolute atomic E-state index is 0.0382. The summed E-state index contributed by atoms with van der Waals surface area (Å²) in [4.78, 5) is 14.7. The number of hydrogen-bond donors (Lipinski definition) is 0. The van der Waals surface area contributed by atoms with E-state index in [2.05, 4.69) is 24.1 Å². The minimum atomic E-state index is 0.0382. The molecule has 0 N–H and O–H groups in total. The lowest BCUT2D eigenvalue weighted by Gasteiger charge is -2.25. The van der Waals surface area contributed by atoms with Crippen molar-refractivity contribution in [1.29, 1.82) is 0 Å². The van der Waals surface area contributed by atoms with Crippen LogP contribution in [0.3, 0.4) is 0 Å². The molecule has 1 aliphatic heterocycles. The van der Waals surface area contributed by atoms with Crippen molar-refractivity contribution in [2.75, 3.05) is 6.54 Å². The van der Waals surface area contributed by atoms with Crippen molar-refractivity contribution in [3.05, 3.63) is 35.0 Å². The van der Waals surface area contributed by atoms with Crippen molar-refractivity contribution in [2.24, 2.45) is 5.92 Å². The van der Waals surface area contributed by atoms with Gasteiger partial charge in [-0.2, -0.15) is 5.10 Å². The second kappa shape index (κ2) is 5.94. The van der Waals surface area contributed by atoms with E-state index in [1.165, 1.54) is 0 Å². The lowest BCUT2D eigenvalue weighted by Crippen LogP contribution is -2.36. The molecule has 2 aromatic heterocycles. The van der Waals surface area contributed by atoms with Gasteiger partial charge in [0.05, 0.1) is 17.9 Å². The van der Waals surface area contributed by atoms with E-state index in [0.29, 0.717) is 31.2 Å². The van der Waals surface area contributed by atoms with Crippen LogP contribution in [0, 0.1) is 5.92 Å². The Kier molecular flexibility index (Phi) is 4.00. The van der Waals surface area contributed by atoms with E-state index in [1.54, 1.807) is 6.26 Å². The van der Waals surface area contributed by atoms with Gasteiger partial charge in [-0.1, -0.05) is 19.0 Å². The van der Waals surface area contributed by atoms with E-state index in [-0.39, 0.29) is 5.91 Å². The maximum absolute atomic E-state index is 12.8. The van der Waals surface area contributed by atoms with Crippen molar-refractivity contribution in [1.82, 2.24) is 19.8 Å². The first kappa shape index (κ1) is 14.8. The van der Waals surface area contributed by atoms with Gasteiger partial charge in [0, 0.05) is 25.1 Å². The van der Waals surface area contributed by atoms with Gasteiger partial charge in [0.1, 0.15) is 12.0 Å². The van der Waals surface area contributed by atoms with Crippen LogP contribution in [-0.2, 0) is 25.9 Å². The zero-order valence-corrected chi connectivity index (χ0v) is 13.4. The molecule has 0 aliphatic carbocycles. The number of amides is 1. The van der Waals surface area contributed by atoms with E-state index >= 15 is 0 Å². The second-order valence-corrected chi connectivity index (χ2v) is 6.20. The van der Waals surface area contributed by atoms with Crippen molar-refractivity contribution < 1.29 is 9.32 Å². The molecule has 3 rings (SSSR count). The molecule has 3 heterocycles. The minimum Gasteiger partial charge on any atom is -0.364 e. The molecule has 0 radical (unpaired) electrons. The zero-order valence-electron chi connectivity index (χ0n) is 13.4. The van der Waals surface area contributed by atoms with Gasteiger partial charge >= 0.3 is 0 Å². The van der Waals surface area contributed by atoms with Crippen LogP contribution in [0.1, 0.15) is 48.2 Å². The second-order valence-electron chi connectivity index (χ2n) is 6.20. The average molecular weight is 302 g/mol. The molecule has 2 aromatic rings. The number of aryl methyl sites for hydroxylation is 1. The maximum Gasteiger partial charge on any atom is 0.272 e. The van der Waals surface area contributed by atoms with Crippen LogP contribution in [-0.4, -0.2) is 32.3 Å². The molecule has 22 heavy (non-hydrogen) atoms. The van der Waals surface area contributed by atoms with Gasteiger partial charge in [-0.3, -0.25) is 9.48 Å². The van der Waals surface area contributed by atoms with E-state index < -0.39 is 0 Å². The Bertz CT molecular complexity index is 671. The van der Waals surface area contributed by atoms with Gasteiger partial charge in [0.2, 0.25) is 0 Å². The fourth-order valence-corrected chi connectivity index (χ4v) is 2.88. The smallest absolute Gasteiger partial charge is 0.272 e. The normalized spacial score (nSPS) is 14.5. The molecule has 0 fully saturated rings. The Morgan fingerprint density at radius 2 is 2.27 bits per heavy atom. The molecule has 0 aromatic carbocycles. The molecule has 0 unspecified atom stereocenters. The molecule has 0 bridgehead atoms. The number of aromatic nitrogens is 3. The first-order chi connectivity index (χ1) is 10.6. The van der Waals surface area contributed by atoms with Gasteiger partial charge in [-0.25, -0.2) is 0 Å². The van der Waals surface area contributed by atoms with Crippen LogP contribution >= 0.6 is 0 Å². The topological polar surface area (TPSA) is 64.2 Å². The highest BCUT2D eigenvalue weighted by Crippen LogP contribution is 2.20. The van der Waals surface area contributed by atoms with Gasteiger partial charge in [-0.05, 0) is 25.3 Å². The Morgan fingerprint density at radius 3 is 3.00 bits per heavy atom. The molecule has 0 atom stereocenters. The largest absolute Gasteiger partial charge is 0.364 e. The quantitative estimate of drug-likeness (QED) is 0.869. The van der Waals surface area contributed by atoms with Crippen LogP contribution in [0.15, 0.2) is 16.9 Å². The third kappa shape index (κ3) is 2.77. The molecular formula is C16H22N4O2. The van der Waals surface area contributed by atoms with Crippen LogP contribution in [0.5, 0.6) is 0 Å². The monoisotopic (exact) mass is 302 g/mol. The summed E-state index contributed by atoms with van der Waals surface area (Å²) in [6.07, 6.45) is 3.27. The Balaban J connectivity index is 1.81. The molecule has 0 spiro atoms. The van der Waals surface area contributed by atoms with Crippen LogP contribution in [0.4, 0.5) is 0 Å². The molecule has 1 aliphatic rings. The summed E-state index contributed by atoms with van der Waals surface area (Å²) in [5.74, 6) is 0.564. The molecule has 6 nitrogen and oxygen atoms in total. The van der Waals surface area contributed by atoms with Crippen molar-refractivity contribution >= 4 is 5.91 Å². The van der Waals surface area contributed by atoms with E-state index in [1.807, 2.05) is 22.6 Å². The summed E-state index contributed by atoms with van der Waals surface area (Å²) in [6, 6.07) is 1.94. The summed E-state index contributed by atoms with van der Waals surface area (Å²) in [6.45, 7) is 8.26. The van der Waals surface area contributed by atoms with E-state index in [9.17, 15) is 4.79 Å². The van der Waals surface area contributed by atoms with Crippen LogP contribution in [0.2, 0.25) is 0 Å². The third-order valence-electron chi connectivity index (χ3n) is 3.96. The molecule has 118 valence electrons. The van der Waals surface area contributed by atoms with Crippen molar-refractivity contribution in [2.45, 2.75) is 46.7 Å². The van der Waals surface area contributed by atoms with Gasteiger partial charge in [0.15, 0.2) is 0 Å². The zero-order chi connectivity index (χ0) is 15.7. The first-order valence-electron chi connectivity index (χ1n) is 7.86. The van der Waals surface area contributed by atoms with E-state index in [0.717, 1.165) is 29.8 Å². The summed E-state index contributed by atoms with van der Waals surface area (Å²) >= 11 is 0. The average Bonchev–Trinajstić information content (AvgIpc) is 3.11. The lowest BCUT2D eigenvalue weighted by atomic mass is 10.1. The Morgan fingerprint density at radius 1 is 1.45 bits per heavy atom. The Hall–Kier alpha value is -2.11. The maximum atomic E-state index is 12.8. The number of fused-ring (bicyclic) bond motifs is 1. The molecule has 0 saturated heterocycles. The van der Waals surface area contributed by atoms with E-state index in [4.69, 9.17) is 4.52 Å². The van der Waals surface area contributed by atoms with Gasteiger partial charge in [-0.15, -0.1) is 0 Å². The summed E-state index contributed by atoms with van der Waals surface area (Å²) in [5.41, 5.74) is 3.64. The number of nitrogens with zero attached hydrogens (tertiary/aromatic N) is 4. The summed E-state index contributed by atoms with van der Waals surface area (Å²) in [7, 11) is 0. The SMILES string of the molecule is CCn1nc(CC(C)C)cc1C(=O)N1CCc2nocc2C1. The highest BCUT2D eigenvalue weighted by Gasteiger charge is 2.26. The molecule has 1 amide bonds. The van der Waals surface area contributed by atoms with Crippen molar-refractivity contribution in [3.63, 3.8) is 0 Å². The number of carbonyl (C=O) groups excluding carboxylic acids is 1. The number of carbonyl (C=O) groups is 1. The fourth-order valence-electron chi connectivity index (χ4n) is 2.88. The molecular weight excluding hydrogens is 280 g/mol.